The molecule has 1 heterocycles. The van der Waals surface area contributed by atoms with Crippen LogP contribution in [0.1, 0.15) is 11.4 Å². The number of anilines is 1. The number of hydrogen-bond donors (Lipinski definition) is 2. The minimum absolute atomic E-state index is 0.218. The SMILES string of the molecule is Cc1nn(-c2ccc(NCC(O)CCl)cc2)c(C)c1Cl. The number of benzene rings is 1. The lowest BCUT2D eigenvalue weighted by Gasteiger charge is -2.11. The van der Waals surface area contributed by atoms with Crippen LogP contribution in [0, 0.1) is 13.8 Å². The number of alkyl halides is 1. The van der Waals surface area contributed by atoms with Crippen molar-refractivity contribution in [3.63, 3.8) is 0 Å². The van der Waals surface area contributed by atoms with Gasteiger partial charge in [0.1, 0.15) is 0 Å². The van der Waals surface area contributed by atoms with Crippen LogP contribution in [0.2, 0.25) is 5.02 Å². The summed E-state index contributed by atoms with van der Waals surface area (Å²) in [5, 5.41) is 17.6. The Morgan fingerprint density at radius 3 is 2.45 bits per heavy atom. The minimum Gasteiger partial charge on any atom is -0.390 e. The van der Waals surface area contributed by atoms with Crippen LogP contribution in [0.3, 0.4) is 0 Å². The largest absolute Gasteiger partial charge is 0.390 e. The Kier molecular flexibility index (Phi) is 4.91. The van der Waals surface area contributed by atoms with Crippen LogP contribution in [-0.4, -0.2) is 33.4 Å². The van der Waals surface area contributed by atoms with Crippen molar-refractivity contribution in [2.45, 2.75) is 20.0 Å². The molecule has 0 fully saturated rings. The Morgan fingerprint density at radius 1 is 1.30 bits per heavy atom. The van der Waals surface area contributed by atoms with E-state index in [-0.39, 0.29) is 5.88 Å². The average molecular weight is 314 g/mol. The lowest BCUT2D eigenvalue weighted by molar-refractivity contribution is 0.211. The van der Waals surface area contributed by atoms with Crippen molar-refractivity contribution in [3.05, 3.63) is 40.7 Å². The van der Waals surface area contributed by atoms with E-state index < -0.39 is 6.10 Å². The second-order valence-electron chi connectivity index (χ2n) is 4.63. The van der Waals surface area contributed by atoms with Crippen molar-refractivity contribution in [1.29, 1.82) is 0 Å². The molecule has 0 saturated carbocycles. The predicted octanol–water partition coefficient (Wildman–Crippen LogP) is 3.15. The zero-order chi connectivity index (χ0) is 14.7. The van der Waals surface area contributed by atoms with E-state index in [0.29, 0.717) is 11.6 Å². The van der Waals surface area contributed by atoms with Crippen LogP contribution in [0.4, 0.5) is 5.69 Å². The number of rotatable bonds is 5. The molecule has 1 aromatic carbocycles. The van der Waals surface area contributed by atoms with E-state index in [9.17, 15) is 5.11 Å². The highest BCUT2D eigenvalue weighted by Gasteiger charge is 2.10. The molecule has 0 radical (unpaired) electrons. The Hall–Kier alpha value is -1.23. The maximum absolute atomic E-state index is 9.40. The predicted molar refractivity (Wildman–Crippen MR) is 83.3 cm³/mol. The van der Waals surface area contributed by atoms with Crippen molar-refractivity contribution in [1.82, 2.24) is 9.78 Å². The number of aliphatic hydroxyl groups is 1. The van der Waals surface area contributed by atoms with Crippen LogP contribution in [-0.2, 0) is 0 Å². The zero-order valence-corrected chi connectivity index (χ0v) is 12.9. The van der Waals surface area contributed by atoms with Crippen LogP contribution < -0.4 is 5.32 Å². The lowest BCUT2D eigenvalue weighted by atomic mass is 10.2. The van der Waals surface area contributed by atoms with Crippen molar-refractivity contribution >= 4 is 28.9 Å². The number of aliphatic hydroxyl groups excluding tert-OH is 1. The Labute approximate surface area is 128 Å². The van der Waals surface area contributed by atoms with Gasteiger partial charge in [-0.2, -0.15) is 5.10 Å². The van der Waals surface area contributed by atoms with Crippen LogP contribution in [0.25, 0.3) is 5.69 Å². The van der Waals surface area contributed by atoms with Crippen molar-refractivity contribution in [3.8, 4) is 5.69 Å². The molecule has 1 unspecified atom stereocenters. The third-order valence-corrected chi connectivity index (χ3v) is 3.94. The van der Waals surface area contributed by atoms with Gasteiger partial charge < -0.3 is 10.4 Å². The Bertz CT molecular complexity index is 581. The summed E-state index contributed by atoms with van der Waals surface area (Å²) in [7, 11) is 0. The summed E-state index contributed by atoms with van der Waals surface area (Å²) < 4.78 is 1.81. The van der Waals surface area contributed by atoms with E-state index in [4.69, 9.17) is 23.2 Å². The summed E-state index contributed by atoms with van der Waals surface area (Å²) in [5.74, 6) is 0.218. The molecular formula is C14H17Cl2N3O. The first-order valence-corrected chi connectivity index (χ1v) is 7.24. The van der Waals surface area contributed by atoms with Gasteiger partial charge in [-0.05, 0) is 38.1 Å². The van der Waals surface area contributed by atoms with Gasteiger partial charge in [0.05, 0.1) is 34.1 Å². The van der Waals surface area contributed by atoms with E-state index in [1.54, 1.807) is 0 Å². The fourth-order valence-corrected chi connectivity index (χ4v) is 2.11. The molecule has 0 aliphatic rings. The fraction of sp³-hybridized carbons (Fsp3) is 0.357. The third kappa shape index (κ3) is 3.26. The van der Waals surface area contributed by atoms with Crippen LogP contribution in [0.5, 0.6) is 0 Å². The third-order valence-electron chi connectivity index (χ3n) is 3.03. The van der Waals surface area contributed by atoms with Gasteiger partial charge in [-0.15, -0.1) is 11.6 Å². The summed E-state index contributed by atoms with van der Waals surface area (Å²) in [6.07, 6.45) is -0.550. The molecular weight excluding hydrogens is 297 g/mol. The number of halogens is 2. The molecule has 2 aromatic rings. The van der Waals surface area contributed by atoms with Crippen molar-refractivity contribution < 1.29 is 5.11 Å². The highest BCUT2D eigenvalue weighted by Crippen LogP contribution is 2.23. The van der Waals surface area contributed by atoms with Gasteiger partial charge in [0.2, 0.25) is 0 Å². The Morgan fingerprint density at radius 2 is 1.95 bits per heavy atom. The topological polar surface area (TPSA) is 50.1 Å². The van der Waals surface area contributed by atoms with Gasteiger partial charge in [0, 0.05) is 12.2 Å². The molecule has 4 nitrogen and oxygen atoms in total. The lowest BCUT2D eigenvalue weighted by Crippen LogP contribution is -2.20. The van der Waals surface area contributed by atoms with Gasteiger partial charge in [-0.3, -0.25) is 0 Å². The van der Waals surface area contributed by atoms with E-state index in [1.807, 2.05) is 42.8 Å². The van der Waals surface area contributed by atoms with Crippen LogP contribution >= 0.6 is 23.2 Å². The van der Waals surface area contributed by atoms with E-state index >= 15 is 0 Å². The molecule has 1 aromatic heterocycles. The second kappa shape index (κ2) is 6.48. The first-order valence-electron chi connectivity index (χ1n) is 6.33. The number of aromatic nitrogens is 2. The van der Waals surface area contributed by atoms with E-state index in [2.05, 4.69) is 10.4 Å². The van der Waals surface area contributed by atoms with Crippen LogP contribution in [0.15, 0.2) is 24.3 Å². The molecule has 2 rings (SSSR count). The number of nitrogens with one attached hydrogen (secondary N) is 1. The molecule has 20 heavy (non-hydrogen) atoms. The molecule has 0 bridgehead atoms. The van der Waals surface area contributed by atoms with Gasteiger partial charge in [-0.1, -0.05) is 11.6 Å². The summed E-state index contributed by atoms with van der Waals surface area (Å²) in [4.78, 5) is 0. The average Bonchev–Trinajstić information content (AvgIpc) is 2.73. The maximum Gasteiger partial charge on any atom is 0.0848 e. The number of hydrogen-bond acceptors (Lipinski definition) is 3. The maximum atomic E-state index is 9.40. The molecule has 0 aliphatic heterocycles. The first kappa shape index (κ1) is 15.2. The summed E-state index contributed by atoms with van der Waals surface area (Å²) >= 11 is 11.7. The van der Waals surface area contributed by atoms with Gasteiger partial charge in [-0.25, -0.2) is 4.68 Å². The molecule has 0 spiro atoms. The highest BCUT2D eigenvalue weighted by atomic mass is 35.5. The monoisotopic (exact) mass is 313 g/mol. The van der Waals surface area contributed by atoms with E-state index in [0.717, 1.165) is 22.8 Å². The molecule has 0 aliphatic carbocycles. The quantitative estimate of drug-likeness (QED) is 0.834. The zero-order valence-electron chi connectivity index (χ0n) is 11.4. The summed E-state index contributed by atoms with van der Waals surface area (Å²) in [5.41, 5.74) is 3.60. The van der Waals surface area contributed by atoms with E-state index in [1.165, 1.54) is 0 Å². The van der Waals surface area contributed by atoms with Gasteiger partial charge >= 0.3 is 0 Å². The number of nitrogens with zero attached hydrogens (tertiary/aromatic N) is 2. The van der Waals surface area contributed by atoms with Gasteiger partial charge in [0.15, 0.2) is 0 Å². The molecule has 6 heteroatoms. The molecule has 0 saturated heterocycles. The molecule has 1 atom stereocenters. The Balaban J connectivity index is 2.13. The summed E-state index contributed by atoms with van der Waals surface area (Å²) in [6.45, 7) is 4.25. The highest BCUT2D eigenvalue weighted by molar-refractivity contribution is 6.31. The minimum atomic E-state index is -0.550. The molecule has 2 N–H and O–H groups in total. The number of aryl methyl sites for hydroxylation is 1. The first-order chi connectivity index (χ1) is 9.52. The standard InChI is InChI=1S/C14H17Cl2N3O/c1-9-14(16)10(2)19(18-9)12-5-3-11(4-6-12)17-8-13(20)7-15/h3-6,13,17,20H,7-8H2,1-2H3. The normalized spacial score (nSPS) is 12.4. The van der Waals surface area contributed by atoms with Crippen molar-refractivity contribution in [2.24, 2.45) is 0 Å². The van der Waals surface area contributed by atoms with Gasteiger partial charge in [0.25, 0.3) is 0 Å². The smallest absolute Gasteiger partial charge is 0.0848 e. The second-order valence-corrected chi connectivity index (χ2v) is 5.32. The van der Waals surface area contributed by atoms with Crippen molar-refractivity contribution in [2.75, 3.05) is 17.7 Å². The molecule has 0 amide bonds. The molecule has 108 valence electrons. The fourth-order valence-electron chi connectivity index (χ4n) is 1.89. The summed E-state index contributed by atoms with van der Waals surface area (Å²) in [6, 6.07) is 7.76.